The Kier molecular flexibility index (Phi) is 10.1. The number of guanidine groups is 1. The first-order valence-electron chi connectivity index (χ1n) is 8.64. The van der Waals surface area contributed by atoms with Crippen molar-refractivity contribution in [3.8, 4) is 0 Å². The largest absolute Gasteiger partial charge is 0.356 e. The lowest BCUT2D eigenvalue weighted by molar-refractivity contribution is 0.213. The molecule has 1 aromatic rings. The van der Waals surface area contributed by atoms with E-state index in [1.54, 1.807) is 11.3 Å². The zero-order valence-electron chi connectivity index (χ0n) is 15.4. The molecule has 0 aliphatic carbocycles. The molecule has 0 aromatic carbocycles. The molecule has 0 unspecified atom stereocenters. The summed E-state index contributed by atoms with van der Waals surface area (Å²) in [6, 6.07) is 0. The molecule has 0 amide bonds. The molecule has 1 fully saturated rings. The van der Waals surface area contributed by atoms with E-state index in [1.165, 1.54) is 42.2 Å². The van der Waals surface area contributed by atoms with Crippen molar-refractivity contribution < 1.29 is 0 Å². The number of nitrogens with one attached hydrogen (secondary N) is 2. The predicted molar refractivity (Wildman–Crippen MR) is 115 cm³/mol. The lowest BCUT2D eigenvalue weighted by Gasteiger charge is -2.29. The molecule has 2 rings (SSSR count). The minimum absolute atomic E-state index is 0. The summed E-state index contributed by atoms with van der Waals surface area (Å²) in [5.41, 5.74) is 1.16. The SMILES string of the molecule is CN=C(NCCc1nc(C)c(C)s1)NCCC1CCN(C)CC1.I. The Balaban J connectivity index is 0.00000288. The highest BCUT2D eigenvalue weighted by molar-refractivity contribution is 14.0. The van der Waals surface area contributed by atoms with Crippen molar-refractivity contribution in [1.82, 2.24) is 20.5 Å². The molecule has 2 N–H and O–H groups in total. The van der Waals surface area contributed by atoms with E-state index in [-0.39, 0.29) is 24.0 Å². The summed E-state index contributed by atoms with van der Waals surface area (Å²) < 4.78 is 0. The first-order chi connectivity index (χ1) is 11.1. The van der Waals surface area contributed by atoms with E-state index in [1.807, 2.05) is 7.05 Å². The Morgan fingerprint density at radius 2 is 1.92 bits per heavy atom. The van der Waals surface area contributed by atoms with Crippen LogP contribution < -0.4 is 10.6 Å². The van der Waals surface area contributed by atoms with Crippen LogP contribution >= 0.6 is 35.3 Å². The normalized spacial score (nSPS) is 16.8. The molecule has 1 saturated heterocycles. The Bertz CT molecular complexity index is 490. The van der Waals surface area contributed by atoms with E-state index in [4.69, 9.17) is 0 Å². The van der Waals surface area contributed by atoms with E-state index in [0.29, 0.717) is 0 Å². The van der Waals surface area contributed by atoms with Crippen molar-refractivity contribution in [2.24, 2.45) is 10.9 Å². The zero-order valence-corrected chi connectivity index (χ0v) is 18.5. The topological polar surface area (TPSA) is 52.6 Å². The van der Waals surface area contributed by atoms with E-state index < -0.39 is 0 Å². The van der Waals surface area contributed by atoms with Gasteiger partial charge in [-0.05, 0) is 59.2 Å². The first-order valence-corrected chi connectivity index (χ1v) is 9.46. The Morgan fingerprint density at radius 3 is 2.50 bits per heavy atom. The third-order valence-corrected chi connectivity index (χ3v) is 5.74. The number of aliphatic imine (C=N–C) groups is 1. The molecule has 1 aromatic heterocycles. The van der Waals surface area contributed by atoms with Crippen LogP contribution in [-0.4, -0.2) is 56.1 Å². The van der Waals surface area contributed by atoms with Crippen LogP contribution in [0.4, 0.5) is 0 Å². The van der Waals surface area contributed by atoms with Gasteiger partial charge < -0.3 is 15.5 Å². The van der Waals surface area contributed by atoms with Gasteiger partial charge in [0.25, 0.3) is 0 Å². The molecular weight excluding hydrogens is 433 g/mol. The molecule has 0 atom stereocenters. The van der Waals surface area contributed by atoms with Gasteiger partial charge in [0.05, 0.1) is 10.7 Å². The molecule has 0 radical (unpaired) electrons. The molecule has 7 heteroatoms. The van der Waals surface area contributed by atoms with Crippen molar-refractivity contribution in [1.29, 1.82) is 0 Å². The maximum absolute atomic E-state index is 4.58. The predicted octanol–water partition coefficient (Wildman–Crippen LogP) is 2.82. The summed E-state index contributed by atoms with van der Waals surface area (Å²) in [5.74, 6) is 1.76. The van der Waals surface area contributed by atoms with Crippen LogP contribution in [0.25, 0.3) is 0 Å². The summed E-state index contributed by atoms with van der Waals surface area (Å²) >= 11 is 1.80. The zero-order chi connectivity index (χ0) is 16.7. The van der Waals surface area contributed by atoms with Crippen molar-refractivity contribution in [2.45, 2.75) is 39.5 Å². The summed E-state index contributed by atoms with van der Waals surface area (Å²) in [4.78, 5) is 12.6. The quantitative estimate of drug-likeness (QED) is 0.386. The summed E-state index contributed by atoms with van der Waals surface area (Å²) in [6.45, 7) is 8.57. The van der Waals surface area contributed by atoms with Crippen LogP contribution in [0.2, 0.25) is 0 Å². The number of likely N-dealkylation sites (tertiary alicyclic amines) is 1. The minimum atomic E-state index is 0. The Hall–Kier alpha value is -0.410. The number of aromatic nitrogens is 1. The highest BCUT2D eigenvalue weighted by Gasteiger charge is 2.16. The monoisotopic (exact) mass is 465 g/mol. The smallest absolute Gasteiger partial charge is 0.190 e. The van der Waals surface area contributed by atoms with Gasteiger partial charge in [-0.15, -0.1) is 35.3 Å². The van der Waals surface area contributed by atoms with E-state index >= 15 is 0 Å². The second-order valence-corrected chi connectivity index (χ2v) is 7.75. The van der Waals surface area contributed by atoms with Gasteiger partial charge in [0.1, 0.15) is 0 Å². The van der Waals surface area contributed by atoms with Crippen LogP contribution in [0, 0.1) is 19.8 Å². The van der Waals surface area contributed by atoms with E-state index in [0.717, 1.165) is 37.1 Å². The second-order valence-electron chi connectivity index (χ2n) is 6.46. The number of piperidine rings is 1. The lowest BCUT2D eigenvalue weighted by Crippen LogP contribution is -2.39. The van der Waals surface area contributed by atoms with Crippen molar-refractivity contribution in [3.05, 3.63) is 15.6 Å². The number of rotatable bonds is 6. The van der Waals surface area contributed by atoms with Gasteiger partial charge in [0, 0.05) is 31.4 Å². The minimum Gasteiger partial charge on any atom is -0.356 e. The summed E-state index contributed by atoms with van der Waals surface area (Å²) in [6.07, 6.45) is 4.84. The molecule has 1 aliphatic rings. The van der Waals surface area contributed by atoms with Crippen molar-refractivity contribution >= 4 is 41.3 Å². The highest BCUT2D eigenvalue weighted by Crippen LogP contribution is 2.18. The summed E-state index contributed by atoms with van der Waals surface area (Å²) in [7, 11) is 4.05. The molecule has 1 aliphatic heterocycles. The van der Waals surface area contributed by atoms with Crippen LogP contribution in [0.15, 0.2) is 4.99 Å². The average molecular weight is 465 g/mol. The molecule has 24 heavy (non-hydrogen) atoms. The number of nitrogens with zero attached hydrogens (tertiary/aromatic N) is 3. The van der Waals surface area contributed by atoms with Crippen molar-refractivity contribution in [2.75, 3.05) is 40.3 Å². The van der Waals surface area contributed by atoms with Crippen LogP contribution in [0.3, 0.4) is 0 Å². The fourth-order valence-corrected chi connectivity index (χ4v) is 3.83. The van der Waals surface area contributed by atoms with Crippen LogP contribution in [-0.2, 0) is 6.42 Å². The van der Waals surface area contributed by atoms with Gasteiger partial charge in [-0.3, -0.25) is 4.99 Å². The van der Waals surface area contributed by atoms with Gasteiger partial charge in [-0.1, -0.05) is 0 Å². The number of thiazole rings is 1. The number of hydrogen-bond acceptors (Lipinski definition) is 4. The third kappa shape index (κ3) is 7.23. The van der Waals surface area contributed by atoms with Crippen molar-refractivity contribution in [3.63, 3.8) is 0 Å². The molecule has 5 nitrogen and oxygen atoms in total. The Morgan fingerprint density at radius 1 is 1.25 bits per heavy atom. The standard InChI is InChI=1S/C17H31N5S.HI/c1-13-14(2)23-16(21-13)6-10-20-17(18-3)19-9-5-15-7-11-22(4)12-8-15;/h15H,5-12H2,1-4H3,(H2,18,19,20);1H. The maximum Gasteiger partial charge on any atom is 0.190 e. The fraction of sp³-hybridized carbons (Fsp3) is 0.765. The number of aryl methyl sites for hydroxylation is 2. The van der Waals surface area contributed by atoms with Crippen LogP contribution in [0.5, 0.6) is 0 Å². The van der Waals surface area contributed by atoms with Gasteiger partial charge in [-0.25, -0.2) is 4.98 Å². The maximum atomic E-state index is 4.58. The van der Waals surface area contributed by atoms with E-state index in [2.05, 4.69) is 46.4 Å². The molecule has 0 saturated carbocycles. The molecule has 138 valence electrons. The molecular formula is C17H32IN5S. The third-order valence-electron chi connectivity index (χ3n) is 4.61. The molecule has 0 bridgehead atoms. The average Bonchev–Trinajstić information content (AvgIpc) is 2.86. The summed E-state index contributed by atoms with van der Waals surface area (Å²) in [5, 5.41) is 8.03. The van der Waals surface area contributed by atoms with E-state index in [9.17, 15) is 0 Å². The molecule has 2 heterocycles. The lowest BCUT2D eigenvalue weighted by atomic mass is 9.94. The second kappa shape index (κ2) is 11.3. The first kappa shape index (κ1) is 21.6. The highest BCUT2D eigenvalue weighted by atomic mass is 127. The van der Waals surface area contributed by atoms with Gasteiger partial charge in [0.2, 0.25) is 0 Å². The molecule has 0 spiro atoms. The van der Waals surface area contributed by atoms with Gasteiger partial charge >= 0.3 is 0 Å². The number of halogens is 1. The van der Waals surface area contributed by atoms with Gasteiger partial charge in [-0.2, -0.15) is 0 Å². The number of hydrogen-bond donors (Lipinski definition) is 2. The van der Waals surface area contributed by atoms with Gasteiger partial charge in [0.15, 0.2) is 5.96 Å². The Labute approximate surface area is 167 Å². The fourth-order valence-electron chi connectivity index (χ4n) is 2.90. The van der Waals surface area contributed by atoms with Crippen LogP contribution in [0.1, 0.15) is 34.8 Å².